The Balaban J connectivity index is 2.44. The number of nitrogens with zero attached hydrogens (tertiary/aromatic N) is 2. The fourth-order valence-corrected chi connectivity index (χ4v) is 2.96. The van der Waals surface area contributed by atoms with Crippen LogP contribution < -0.4 is 5.46 Å². The highest BCUT2D eigenvalue weighted by molar-refractivity contribution is 6.75. The van der Waals surface area contributed by atoms with Gasteiger partial charge in [-0.1, -0.05) is 35.8 Å². The lowest BCUT2D eigenvalue weighted by atomic mass is 9.75. The van der Waals surface area contributed by atoms with E-state index in [1.54, 1.807) is 18.2 Å². The van der Waals surface area contributed by atoms with Crippen LogP contribution in [0.15, 0.2) is 48.5 Å². The Hall–Kier alpha value is -3.63. The van der Waals surface area contributed by atoms with E-state index in [-0.39, 0.29) is 5.69 Å². The molecule has 0 spiro atoms. The predicted octanol–water partition coefficient (Wildman–Crippen LogP) is 3.31. The molecular formula is C19H14BF4N2O4-. The van der Waals surface area contributed by atoms with Gasteiger partial charge in [0, 0.05) is 0 Å². The average molecular weight is 421 g/mol. The number of carbonyl (C=O) groups is 2. The summed E-state index contributed by atoms with van der Waals surface area (Å²) in [5.74, 6) is -3.22. The van der Waals surface area contributed by atoms with Gasteiger partial charge in [-0.25, -0.2) is 18.7 Å². The number of halogens is 4. The fraction of sp³-hybridized carbons (Fsp3) is 0.105. The number of para-hydroxylation sites is 1. The van der Waals surface area contributed by atoms with E-state index < -0.39 is 52.7 Å². The van der Waals surface area contributed by atoms with Gasteiger partial charge >= 0.3 is 18.9 Å². The second-order valence-electron chi connectivity index (χ2n) is 6.11. The summed E-state index contributed by atoms with van der Waals surface area (Å²) >= 11 is 0. The van der Waals surface area contributed by atoms with Gasteiger partial charge < -0.3 is 22.4 Å². The van der Waals surface area contributed by atoms with Gasteiger partial charge in [0.2, 0.25) is 0 Å². The van der Waals surface area contributed by atoms with Crippen molar-refractivity contribution in [2.45, 2.75) is 0 Å². The molecule has 0 aliphatic carbocycles. The maximum Gasteiger partial charge on any atom is 0.510 e. The summed E-state index contributed by atoms with van der Waals surface area (Å²) in [5.41, 5.74) is -3.01. The van der Waals surface area contributed by atoms with Crippen molar-refractivity contribution in [1.29, 1.82) is 0 Å². The molecule has 0 aliphatic rings. The molecule has 3 aromatic rings. The molecule has 0 saturated heterocycles. The monoisotopic (exact) mass is 421 g/mol. The molecule has 0 fully saturated rings. The molecule has 0 amide bonds. The quantitative estimate of drug-likeness (QED) is 0.359. The first-order chi connectivity index (χ1) is 14.2. The van der Waals surface area contributed by atoms with E-state index >= 15 is 0 Å². The predicted molar refractivity (Wildman–Crippen MR) is 100 cm³/mol. The Morgan fingerprint density at radius 3 is 2.17 bits per heavy atom. The summed E-state index contributed by atoms with van der Waals surface area (Å²) < 4.78 is 64.9. The van der Waals surface area contributed by atoms with Crippen LogP contribution in [0.4, 0.5) is 17.3 Å². The van der Waals surface area contributed by atoms with Gasteiger partial charge in [-0.15, -0.1) is 0 Å². The summed E-state index contributed by atoms with van der Waals surface area (Å²) in [6.45, 7) is -5.67. The second kappa shape index (κ2) is 8.01. The lowest BCUT2D eigenvalue weighted by Gasteiger charge is -2.19. The van der Waals surface area contributed by atoms with E-state index in [9.17, 15) is 26.9 Å². The zero-order valence-corrected chi connectivity index (χ0v) is 15.7. The number of methoxy groups -OCH3 is 2. The standard InChI is InChI=1S/C19H14BF4N2O4/c1-29-18(27)15-16(13-9-8-11(21)10-14(13)20(22,23)24)25-26(17(15)19(28)30-2)12-6-4-3-5-7-12/h3-10H,1-2H3/q-1. The Morgan fingerprint density at radius 2 is 1.60 bits per heavy atom. The molecule has 0 atom stereocenters. The molecular weight excluding hydrogens is 407 g/mol. The second-order valence-corrected chi connectivity index (χ2v) is 6.11. The van der Waals surface area contributed by atoms with Crippen LogP contribution in [0.25, 0.3) is 16.9 Å². The van der Waals surface area contributed by atoms with Crippen molar-refractivity contribution in [3.8, 4) is 16.9 Å². The van der Waals surface area contributed by atoms with Crippen molar-refractivity contribution in [1.82, 2.24) is 9.78 Å². The average Bonchev–Trinajstić information content (AvgIpc) is 3.13. The Bertz CT molecular complexity index is 1110. The maximum atomic E-state index is 13.6. The number of hydrogen-bond acceptors (Lipinski definition) is 5. The number of esters is 2. The molecule has 30 heavy (non-hydrogen) atoms. The zero-order valence-electron chi connectivity index (χ0n) is 15.7. The van der Waals surface area contributed by atoms with Crippen molar-refractivity contribution < 1.29 is 36.4 Å². The minimum atomic E-state index is -5.67. The summed E-state index contributed by atoms with van der Waals surface area (Å²) in [7, 11) is 2.06. The van der Waals surface area contributed by atoms with Crippen LogP contribution in [0.5, 0.6) is 0 Å². The SMILES string of the molecule is COC(=O)c1c(-c2ccc(F)cc2[B-](F)(F)F)nn(-c2ccccc2)c1C(=O)OC. The molecule has 0 bridgehead atoms. The van der Waals surface area contributed by atoms with Crippen LogP contribution in [-0.2, 0) is 9.47 Å². The Labute approximate surface area is 168 Å². The summed E-state index contributed by atoms with van der Waals surface area (Å²) in [6.07, 6.45) is 0. The molecule has 3 rings (SSSR count). The largest absolute Gasteiger partial charge is 0.510 e. The summed E-state index contributed by atoms with van der Waals surface area (Å²) in [5, 5.41) is 4.10. The maximum absolute atomic E-state index is 13.6. The van der Waals surface area contributed by atoms with Crippen LogP contribution in [0.3, 0.4) is 0 Å². The van der Waals surface area contributed by atoms with Gasteiger partial charge in [0.1, 0.15) is 17.1 Å². The number of carbonyl (C=O) groups excluding carboxylic acids is 2. The van der Waals surface area contributed by atoms with Gasteiger partial charge in [0.15, 0.2) is 5.69 Å². The van der Waals surface area contributed by atoms with Crippen LogP contribution in [0, 0.1) is 5.82 Å². The van der Waals surface area contributed by atoms with Gasteiger partial charge in [-0.05, 0) is 23.8 Å². The van der Waals surface area contributed by atoms with Gasteiger partial charge in [-0.3, -0.25) is 0 Å². The van der Waals surface area contributed by atoms with Crippen LogP contribution in [-0.4, -0.2) is 42.9 Å². The number of ether oxygens (including phenoxy) is 2. The third-order valence-electron chi connectivity index (χ3n) is 4.28. The van der Waals surface area contributed by atoms with Gasteiger partial charge in [-0.2, -0.15) is 5.10 Å². The molecule has 1 heterocycles. The first kappa shape index (κ1) is 21.1. The Morgan fingerprint density at radius 1 is 0.967 bits per heavy atom. The molecule has 6 nitrogen and oxygen atoms in total. The highest BCUT2D eigenvalue weighted by Gasteiger charge is 2.35. The van der Waals surface area contributed by atoms with Crippen molar-refractivity contribution in [2.75, 3.05) is 14.2 Å². The number of benzene rings is 2. The van der Waals surface area contributed by atoms with E-state index in [0.29, 0.717) is 6.07 Å². The third-order valence-corrected chi connectivity index (χ3v) is 4.28. The van der Waals surface area contributed by atoms with E-state index in [1.807, 2.05) is 0 Å². The molecule has 0 saturated carbocycles. The highest BCUT2D eigenvalue weighted by atomic mass is 19.4. The van der Waals surface area contributed by atoms with Crippen molar-refractivity contribution in [2.24, 2.45) is 0 Å². The van der Waals surface area contributed by atoms with Crippen molar-refractivity contribution >= 4 is 24.4 Å². The van der Waals surface area contributed by atoms with Gasteiger partial charge in [0.05, 0.1) is 19.9 Å². The minimum Gasteiger partial charge on any atom is -0.465 e. The topological polar surface area (TPSA) is 70.4 Å². The molecule has 2 aromatic carbocycles. The fourth-order valence-electron chi connectivity index (χ4n) is 2.96. The molecule has 156 valence electrons. The van der Waals surface area contributed by atoms with E-state index in [4.69, 9.17) is 4.74 Å². The van der Waals surface area contributed by atoms with Crippen LogP contribution in [0.2, 0.25) is 0 Å². The van der Waals surface area contributed by atoms with Crippen LogP contribution in [0.1, 0.15) is 20.8 Å². The van der Waals surface area contributed by atoms with Crippen molar-refractivity contribution in [3.05, 3.63) is 65.6 Å². The number of rotatable bonds is 5. The van der Waals surface area contributed by atoms with Gasteiger partial charge in [0.25, 0.3) is 0 Å². The molecule has 0 N–H and O–H groups in total. The lowest BCUT2D eigenvalue weighted by Crippen LogP contribution is -2.36. The highest BCUT2D eigenvalue weighted by Crippen LogP contribution is 2.30. The number of aromatic nitrogens is 2. The van der Waals surface area contributed by atoms with Crippen LogP contribution >= 0.6 is 0 Å². The lowest BCUT2D eigenvalue weighted by molar-refractivity contribution is 0.0549. The molecule has 11 heteroatoms. The Kier molecular flexibility index (Phi) is 5.63. The first-order valence-electron chi connectivity index (χ1n) is 8.53. The van der Waals surface area contributed by atoms with E-state index in [0.717, 1.165) is 31.0 Å². The first-order valence-corrected chi connectivity index (χ1v) is 8.53. The van der Waals surface area contributed by atoms with Crippen molar-refractivity contribution in [3.63, 3.8) is 0 Å². The summed E-state index contributed by atoms with van der Waals surface area (Å²) in [4.78, 5) is 24.9. The number of hydrogen-bond donors (Lipinski definition) is 0. The van der Waals surface area contributed by atoms with E-state index in [2.05, 4.69) is 9.84 Å². The normalized spacial score (nSPS) is 11.3. The minimum absolute atomic E-state index is 0.287. The zero-order chi connectivity index (χ0) is 22.1. The molecule has 1 aromatic heterocycles. The third kappa shape index (κ3) is 3.78. The smallest absolute Gasteiger partial charge is 0.465 e. The van der Waals surface area contributed by atoms with E-state index in [1.165, 1.54) is 12.1 Å². The summed E-state index contributed by atoms with van der Waals surface area (Å²) in [6, 6.07) is 9.93. The molecule has 0 unspecified atom stereocenters. The molecule has 0 aliphatic heterocycles. The molecule has 0 radical (unpaired) electrons.